The molecule has 3 rings (SSSR count). The summed E-state index contributed by atoms with van der Waals surface area (Å²) in [5, 5.41) is 6.10. The number of nitrogens with one attached hydrogen (secondary N) is 1. The third-order valence-corrected chi connectivity index (χ3v) is 3.43. The first-order valence-corrected chi connectivity index (χ1v) is 6.63. The van der Waals surface area contributed by atoms with E-state index in [9.17, 15) is 0 Å². The fourth-order valence-electron chi connectivity index (χ4n) is 2.35. The van der Waals surface area contributed by atoms with Crippen molar-refractivity contribution in [2.75, 3.05) is 5.32 Å². The predicted octanol–water partition coefficient (Wildman–Crippen LogP) is 5.01. The third-order valence-electron chi connectivity index (χ3n) is 3.43. The molecule has 0 aliphatic carbocycles. The molecule has 3 aromatic carbocycles. The highest BCUT2D eigenvalue weighted by Crippen LogP contribution is 2.23. The second-order valence-corrected chi connectivity index (χ2v) is 4.84. The van der Waals surface area contributed by atoms with E-state index in [0.717, 1.165) is 5.69 Å². The lowest BCUT2D eigenvalue weighted by atomic mass is 10.1. The highest BCUT2D eigenvalue weighted by molar-refractivity contribution is 5.85. The van der Waals surface area contributed by atoms with Gasteiger partial charge in [-0.2, -0.15) is 0 Å². The molecule has 1 nitrogen and oxygen atoms in total. The fourth-order valence-corrected chi connectivity index (χ4v) is 2.35. The highest BCUT2D eigenvalue weighted by Gasteiger charge is 2.04. The van der Waals surface area contributed by atoms with Gasteiger partial charge in [-0.3, -0.25) is 0 Å². The lowest BCUT2D eigenvalue weighted by Gasteiger charge is -2.16. The van der Waals surface area contributed by atoms with Crippen molar-refractivity contribution in [2.45, 2.75) is 13.0 Å². The first-order chi connectivity index (χ1) is 9.33. The van der Waals surface area contributed by atoms with E-state index in [2.05, 4.69) is 79.0 Å². The van der Waals surface area contributed by atoms with Crippen molar-refractivity contribution in [1.29, 1.82) is 0 Å². The predicted molar refractivity (Wildman–Crippen MR) is 82.4 cm³/mol. The van der Waals surface area contributed by atoms with E-state index in [1.165, 1.54) is 16.3 Å². The van der Waals surface area contributed by atoms with Crippen LogP contribution in [-0.2, 0) is 0 Å². The minimum absolute atomic E-state index is 0.308. The first kappa shape index (κ1) is 11.8. The standard InChI is InChI=1S/C18H17N/c1-14(15-7-3-2-4-8-15)19-18-12-11-16-9-5-6-10-17(16)13-18/h2-14,19H,1H3/t14-/m1/s1. The Balaban J connectivity index is 1.85. The number of benzene rings is 3. The van der Waals surface area contributed by atoms with Gasteiger partial charge in [0.1, 0.15) is 0 Å². The molecule has 0 heterocycles. The van der Waals surface area contributed by atoms with Gasteiger partial charge in [-0.25, -0.2) is 0 Å². The van der Waals surface area contributed by atoms with Gasteiger partial charge < -0.3 is 5.32 Å². The Morgan fingerprint density at radius 3 is 2.21 bits per heavy atom. The average Bonchev–Trinajstić information content (AvgIpc) is 2.48. The molecule has 19 heavy (non-hydrogen) atoms. The van der Waals surface area contributed by atoms with Crippen molar-refractivity contribution in [3.8, 4) is 0 Å². The SMILES string of the molecule is C[C@@H](Nc1ccc2ccccc2c1)c1ccccc1. The molecule has 0 spiro atoms. The third kappa shape index (κ3) is 2.60. The van der Waals surface area contributed by atoms with Crippen LogP contribution >= 0.6 is 0 Å². The zero-order chi connectivity index (χ0) is 13.1. The molecule has 0 bridgehead atoms. The van der Waals surface area contributed by atoms with Gasteiger partial charge in [0.05, 0.1) is 0 Å². The molecule has 0 saturated heterocycles. The monoisotopic (exact) mass is 247 g/mol. The molecule has 0 aliphatic rings. The second kappa shape index (κ2) is 5.15. The van der Waals surface area contributed by atoms with Crippen LogP contribution in [0.1, 0.15) is 18.5 Å². The topological polar surface area (TPSA) is 12.0 Å². The quantitative estimate of drug-likeness (QED) is 0.685. The Morgan fingerprint density at radius 2 is 1.42 bits per heavy atom. The van der Waals surface area contributed by atoms with Crippen LogP contribution in [0.4, 0.5) is 5.69 Å². The van der Waals surface area contributed by atoms with Gasteiger partial charge in [0.15, 0.2) is 0 Å². The van der Waals surface area contributed by atoms with Crippen molar-refractivity contribution >= 4 is 16.5 Å². The van der Waals surface area contributed by atoms with Gasteiger partial charge in [-0.1, -0.05) is 60.7 Å². The summed E-state index contributed by atoms with van der Waals surface area (Å²) < 4.78 is 0. The van der Waals surface area contributed by atoms with E-state index in [1.54, 1.807) is 0 Å². The minimum Gasteiger partial charge on any atom is -0.379 e. The van der Waals surface area contributed by atoms with Crippen LogP contribution in [0.5, 0.6) is 0 Å². The second-order valence-electron chi connectivity index (χ2n) is 4.84. The van der Waals surface area contributed by atoms with E-state index in [0.29, 0.717) is 6.04 Å². The summed E-state index contributed by atoms with van der Waals surface area (Å²) in [5.74, 6) is 0. The molecule has 94 valence electrons. The van der Waals surface area contributed by atoms with Crippen molar-refractivity contribution < 1.29 is 0 Å². The molecule has 1 N–H and O–H groups in total. The van der Waals surface area contributed by atoms with E-state index < -0.39 is 0 Å². The maximum atomic E-state index is 3.55. The molecule has 1 heteroatoms. The van der Waals surface area contributed by atoms with Crippen molar-refractivity contribution in [1.82, 2.24) is 0 Å². The summed E-state index contributed by atoms with van der Waals surface area (Å²) in [5.41, 5.74) is 2.46. The minimum atomic E-state index is 0.308. The zero-order valence-electron chi connectivity index (χ0n) is 11.0. The largest absolute Gasteiger partial charge is 0.379 e. The van der Waals surface area contributed by atoms with Gasteiger partial charge >= 0.3 is 0 Å². The molecule has 0 unspecified atom stereocenters. The Kier molecular flexibility index (Phi) is 3.20. The molecule has 0 amide bonds. The molecule has 0 aliphatic heterocycles. The Bertz CT molecular complexity index is 673. The van der Waals surface area contributed by atoms with Gasteiger partial charge in [0.25, 0.3) is 0 Å². The fraction of sp³-hybridized carbons (Fsp3) is 0.111. The molecule has 0 radical (unpaired) electrons. The molecule has 0 fully saturated rings. The summed E-state index contributed by atoms with van der Waals surface area (Å²) in [4.78, 5) is 0. The van der Waals surface area contributed by atoms with Gasteiger partial charge in [-0.15, -0.1) is 0 Å². The van der Waals surface area contributed by atoms with Gasteiger partial charge in [-0.05, 0) is 35.4 Å². The number of fused-ring (bicyclic) bond motifs is 1. The summed E-state index contributed by atoms with van der Waals surface area (Å²) in [6.45, 7) is 2.19. The molecular formula is C18H17N. The summed E-state index contributed by atoms with van der Waals surface area (Å²) in [7, 11) is 0. The molecule has 0 aromatic heterocycles. The average molecular weight is 247 g/mol. The van der Waals surface area contributed by atoms with Crippen LogP contribution in [0.2, 0.25) is 0 Å². The smallest absolute Gasteiger partial charge is 0.0485 e. The van der Waals surface area contributed by atoms with Crippen molar-refractivity contribution in [3.05, 3.63) is 78.4 Å². The van der Waals surface area contributed by atoms with E-state index in [-0.39, 0.29) is 0 Å². The normalized spacial score (nSPS) is 12.3. The highest BCUT2D eigenvalue weighted by atomic mass is 14.9. The van der Waals surface area contributed by atoms with Crippen LogP contribution in [0.3, 0.4) is 0 Å². The van der Waals surface area contributed by atoms with Crippen molar-refractivity contribution in [2.24, 2.45) is 0 Å². The van der Waals surface area contributed by atoms with Crippen LogP contribution in [0.25, 0.3) is 10.8 Å². The zero-order valence-corrected chi connectivity index (χ0v) is 11.0. The van der Waals surface area contributed by atoms with Gasteiger partial charge in [0, 0.05) is 11.7 Å². The Labute approximate surface area is 113 Å². The van der Waals surface area contributed by atoms with E-state index in [1.807, 2.05) is 6.07 Å². The lowest BCUT2D eigenvalue weighted by Crippen LogP contribution is -2.06. The van der Waals surface area contributed by atoms with Crippen molar-refractivity contribution in [3.63, 3.8) is 0 Å². The summed E-state index contributed by atoms with van der Waals surface area (Å²) in [6, 6.07) is 25.8. The number of hydrogen-bond donors (Lipinski definition) is 1. The maximum absolute atomic E-state index is 3.55. The lowest BCUT2D eigenvalue weighted by molar-refractivity contribution is 0.885. The van der Waals surface area contributed by atoms with Gasteiger partial charge in [0.2, 0.25) is 0 Å². The molecule has 0 saturated carbocycles. The summed E-state index contributed by atoms with van der Waals surface area (Å²) >= 11 is 0. The summed E-state index contributed by atoms with van der Waals surface area (Å²) in [6.07, 6.45) is 0. The van der Waals surface area contributed by atoms with Crippen LogP contribution < -0.4 is 5.32 Å². The molecule has 1 atom stereocenters. The van der Waals surface area contributed by atoms with E-state index >= 15 is 0 Å². The van der Waals surface area contributed by atoms with E-state index in [4.69, 9.17) is 0 Å². The Hall–Kier alpha value is -2.28. The molecule has 3 aromatic rings. The Morgan fingerprint density at radius 1 is 0.737 bits per heavy atom. The maximum Gasteiger partial charge on any atom is 0.0485 e. The number of anilines is 1. The van der Waals surface area contributed by atoms with Crippen LogP contribution in [0, 0.1) is 0 Å². The molecular weight excluding hydrogens is 230 g/mol. The number of hydrogen-bond acceptors (Lipinski definition) is 1. The van der Waals surface area contributed by atoms with Crippen LogP contribution in [0.15, 0.2) is 72.8 Å². The number of rotatable bonds is 3. The van der Waals surface area contributed by atoms with Crippen LogP contribution in [-0.4, -0.2) is 0 Å². The first-order valence-electron chi connectivity index (χ1n) is 6.63.